The zero-order valence-corrected chi connectivity index (χ0v) is 17.1. The Morgan fingerprint density at radius 3 is 2.35 bits per heavy atom. The molecular weight excluding hydrogens is 390 g/mol. The summed E-state index contributed by atoms with van der Waals surface area (Å²) in [5, 5.41) is 0.434. The number of terminal acetylenes is 1. The van der Waals surface area contributed by atoms with Crippen molar-refractivity contribution in [3.63, 3.8) is 0 Å². The third-order valence-electron chi connectivity index (χ3n) is 4.76. The van der Waals surface area contributed by atoms with E-state index in [4.69, 9.17) is 15.9 Å². The van der Waals surface area contributed by atoms with Crippen molar-refractivity contribution in [1.82, 2.24) is 14.5 Å². The molecule has 0 radical (unpaired) electrons. The van der Waals surface area contributed by atoms with Crippen molar-refractivity contribution in [2.24, 2.45) is 0 Å². The number of fused-ring (bicyclic) bond motifs is 1. The van der Waals surface area contributed by atoms with Crippen LogP contribution < -0.4 is 15.0 Å². The number of ether oxygens (including phenoxy) is 2. The molecule has 0 N–H and O–H groups in total. The van der Waals surface area contributed by atoms with Gasteiger partial charge in [-0.15, -0.1) is 6.42 Å². The number of nitrogens with zero attached hydrogens (tertiary/aromatic N) is 3. The second kappa shape index (κ2) is 8.56. The highest BCUT2D eigenvalue weighted by molar-refractivity contribution is 5.77. The molecule has 0 unspecified atom stereocenters. The molecule has 4 aromatic rings. The summed E-state index contributed by atoms with van der Waals surface area (Å²) in [6, 6.07) is 16.1. The fourth-order valence-electron chi connectivity index (χ4n) is 3.20. The highest BCUT2D eigenvalue weighted by Gasteiger charge is 2.12. The number of hydrogen-bond acceptors (Lipinski definition) is 5. The molecule has 152 valence electrons. The first-order valence-corrected chi connectivity index (χ1v) is 9.49. The molecule has 0 saturated heterocycles. The highest BCUT2D eigenvalue weighted by atomic mass is 16.5. The van der Waals surface area contributed by atoms with Gasteiger partial charge < -0.3 is 9.47 Å². The van der Waals surface area contributed by atoms with Gasteiger partial charge in [-0.3, -0.25) is 9.36 Å². The molecule has 0 spiro atoms. The monoisotopic (exact) mass is 409 g/mol. The molecule has 0 amide bonds. The molecular formula is C25H19N3O3. The number of pyridine rings is 1. The van der Waals surface area contributed by atoms with E-state index in [1.807, 2.05) is 18.2 Å². The van der Waals surface area contributed by atoms with Crippen LogP contribution in [0.5, 0.6) is 11.5 Å². The molecule has 0 aliphatic carbocycles. The SMILES string of the molecule is C#Cc1ccc(-n2c(C=Cc3cc(OC)cc(OC)c3)nc3ncccc3c2=O)cc1. The zero-order chi connectivity index (χ0) is 21.8. The minimum absolute atomic E-state index is 0.213. The quantitative estimate of drug-likeness (QED) is 0.467. The van der Waals surface area contributed by atoms with Gasteiger partial charge in [-0.1, -0.05) is 12.0 Å². The van der Waals surface area contributed by atoms with Crippen LogP contribution in [-0.2, 0) is 0 Å². The van der Waals surface area contributed by atoms with Crippen molar-refractivity contribution < 1.29 is 9.47 Å². The molecule has 0 saturated carbocycles. The maximum atomic E-state index is 13.3. The molecule has 0 atom stereocenters. The number of benzene rings is 2. The largest absolute Gasteiger partial charge is 0.497 e. The van der Waals surface area contributed by atoms with Crippen molar-refractivity contribution in [2.45, 2.75) is 0 Å². The summed E-state index contributed by atoms with van der Waals surface area (Å²) in [6.07, 6.45) is 10.7. The van der Waals surface area contributed by atoms with Crippen LogP contribution in [-0.4, -0.2) is 28.8 Å². The molecule has 2 heterocycles. The Morgan fingerprint density at radius 2 is 1.71 bits per heavy atom. The third-order valence-corrected chi connectivity index (χ3v) is 4.76. The second-order valence-electron chi connectivity index (χ2n) is 6.66. The smallest absolute Gasteiger partial charge is 0.267 e. The number of aromatic nitrogens is 3. The standard InChI is InChI=1S/C25H19N3O3/c1-4-17-7-10-19(11-8-17)28-23(27-24-22(25(28)29)6-5-13-26-24)12-9-18-14-20(30-2)16-21(15-18)31-3/h1,5-16H,2-3H3. The van der Waals surface area contributed by atoms with E-state index in [-0.39, 0.29) is 5.56 Å². The van der Waals surface area contributed by atoms with E-state index in [1.165, 1.54) is 4.57 Å². The van der Waals surface area contributed by atoms with Gasteiger partial charge in [0.2, 0.25) is 0 Å². The van der Waals surface area contributed by atoms with Crippen LogP contribution in [0, 0.1) is 12.3 Å². The van der Waals surface area contributed by atoms with Gasteiger partial charge in [0, 0.05) is 17.8 Å². The van der Waals surface area contributed by atoms with Crippen molar-refractivity contribution in [3.05, 3.63) is 88.1 Å². The first-order chi connectivity index (χ1) is 15.1. The third kappa shape index (κ3) is 4.02. The van der Waals surface area contributed by atoms with Crippen molar-refractivity contribution in [2.75, 3.05) is 14.2 Å². The van der Waals surface area contributed by atoms with E-state index < -0.39 is 0 Å². The van der Waals surface area contributed by atoms with Gasteiger partial charge >= 0.3 is 0 Å². The van der Waals surface area contributed by atoms with Gasteiger partial charge in [0.15, 0.2) is 5.65 Å². The van der Waals surface area contributed by atoms with E-state index in [1.54, 1.807) is 69.0 Å². The van der Waals surface area contributed by atoms with E-state index >= 15 is 0 Å². The van der Waals surface area contributed by atoms with Gasteiger partial charge in [-0.25, -0.2) is 9.97 Å². The van der Waals surface area contributed by atoms with Crippen LogP contribution in [0.2, 0.25) is 0 Å². The molecule has 0 aliphatic rings. The minimum Gasteiger partial charge on any atom is -0.497 e. The van der Waals surface area contributed by atoms with Gasteiger partial charge in [-0.05, 0) is 60.2 Å². The summed E-state index contributed by atoms with van der Waals surface area (Å²) in [6.45, 7) is 0. The fourth-order valence-corrected chi connectivity index (χ4v) is 3.20. The van der Waals surface area contributed by atoms with Crippen molar-refractivity contribution >= 4 is 23.2 Å². The van der Waals surface area contributed by atoms with E-state index in [2.05, 4.69) is 15.9 Å². The van der Waals surface area contributed by atoms with Crippen LogP contribution in [0.1, 0.15) is 17.0 Å². The summed E-state index contributed by atoms with van der Waals surface area (Å²) >= 11 is 0. The van der Waals surface area contributed by atoms with Crippen LogP contribution in [0.15, 0.2) is 65.6 Å². The van der Waals surface area contributed by atoms with Gasteiger partial charge in [0.05, 0.1) is 25.3 Å². The minimum atomic E-state index is -0.213. The van der Waals surface area contributed by atoms with Crippen molar-refractivity contribution in [3.8, 4) is 29.5 Å². The Hall–Kier alpha value is -4.37. The summed E-state index contributed by atoms with van der Waals surface area (Å²) in [4.78, 5) is 22.2. The topological polar surface area (TPSA) is 66.2 Å². The number of hydrogen-bond donors (Lipinski definition) is 0. The predicted octanol–water partition coefficient (Wildman–Crippen LogP) is 3.95. The number of methoxy groups -OCH3 is 2. The molecule has 31 heavy (non-hydrogen) atoms. The predicted molar refractivity (Wildman–Crippen MR) is 122 cm³/mol. The van der Waals surface area contributed by atoms with E-state index in [0.29, 0.717) is 34.0 Å². The lowest BCUT2D eigenvalue weighted by Crippen LogP contribution is -2.22. The molecule has 2 aromatic heterocycles. The summed E-state index contributed by atoms with van der Waals surface area (Å²) in [7, 11) is 3.19. The average Bonchev–Trinajstić information content (AvgIpc) is 2.82. The van der Waals surface area contributed by atoms with Crippen LogP contribution in [0.3, 0.4) is 0 Å². The molecule has 0 fully saturated rings. The Labute approximate surface area is 179 Å². The lowest BCUT2D eigenvalue weighted by molar-refractivity contribution is 0.394. The maximum Gasteiger partial charge on any atom is 0.267 e. The number of rotatable bonds is 5. The summed E-state index contributed by atoms with van der Waals surface area (Å²) in [5.41, 5.74) is 2.39. The Bertz CT molecular complexity index is 1360. The lowest BCUT2D eigenvalue weighted by Gasteiger charge is -2.11. The Morgan fingerprint density at radius 1 is 1.00 bits per heavy atom. The van der Waals surface area contributed by atoms with Crippen LogP contribution in [0.25, 0.3) is 28.9 Å². The average molecular weight is 409 g/mol. The van der Waals surface area contributed by atoms with Crippen LogP contribution in [0.4, 0.5) is 0 Å². The highest BCUT2D eigenvalue weighted by Crippen LogP contribution is 2.24. The lowest BCUT2D eigenvalue weighted by atomic mass is 10.1. The second-order valence-corrected chi connectivity index (χ2v) is 6.66. The van der Waals surface area contributed by atoms with Gasteiger partial charge in [0.1, 0.15) is 17.3 Å². The molecule has 0 aliphatic heterocycles. The summed E-state index contributed by atoms with van der Waals surface area (Å²) in [5.74, 6) is 4.34. The molecule has 6 heteroatoms. The fraction of sp³-hybridized carbons (Fsp3) is 0.0800. The normalized spacial score (nSPS) is 10.9. The van der Waals surface area contributed by atoms with E-state index in [9.17, 15) is 4.79 Å². The van der Waals surface area contributed by atoms with Gasteiger partial charge in [0.25, 0.3) is 5.56 Å². The first-order valence-electron chi connectivity index (χ1n) is 9.49. The molecule has 4 rings (SSSR count). The maximum absolute atomic E-state index is 13.3. The molecule has 2 aromatic carbocycles. The van der Waals surface area contributed by atoms with Crippen molar-refractivity contribution in [1.29, 1.82) is 0 Å². The zero-order valence-electron chi connectivity index (χ0n) is 17.1. The Kier molecular flexibility index (Phi) is 5.50. The first kappa shape index (κ1) is 19.9. The van der Waals surface area contributed by atoms with Gasteiger partial charge in [-0.2, -0.15) is 0 Å². The molecule has 0 bridgehead atoms. The van der Waals surface area contributed by atoms with Crippen LogP contribution >= 0.6 is 0 Å². The Balaban J connectivity index is 1.89. The van der Waals surface area contributed by atoms with E-state index in [0.717, 1.165) is 11.1 Å². The summed E-state index contributed by atoms with van der Waals surface area (Å²) < 4.78 is 12.2. The molecule has 6 nitrogen and oxygen atoms in total.